The molecule has 0 saturated carbocycles. The second-order valence-electron chi connectivity index (χ2n) is 26.4. The summed E-state index contributed by atoms with van der Waals surface area (Å²) in [5, 5.41) is 20.3. The number of methoxy groups -OCH3 is 2. The number of aliphatic hydroxyl groups excluding tert-OH is 1. The lowest BCUT2D eigenvalue weighted by atomic mass is 9.85. The minimum absolute atomic E-state index is 0.00174. The number of rotatable bonds is 25. The van der Waals surface area contributed by atoms with Crippen LogP contribution in [0.1, 0.15) is 80.3 Å². The maximum atomic E-state index is 13.1. The minimum Gasteiger partial charge on any atom is -0.508 e. The molecular formula is C78H96N2O17S3. The van der Waals surface area contributed by atoms with E-state index in [1.54, 1.807) is 66.7 Å². The quantitative estimate of drug-likeness (QED) is 0.0306. The highest BCUT2D eigenvalue weighted by Gasteiger charge is 2.43. The van der Waals surface area contributed by atoms with E-state index in [2.05, 4.69) is 34.4 Å². The van der Waals surface area contributed by atoms with Crippen molar-refractivity contribution in [1.82, 2.24) is 9.97 Å². The molecule has 2 aromatic heterocycles. The summed E-state index contributed by atoms with van der Waals surface area (Å²) >= 11 is 1.83. The van der Waals surface area contributed by atoms with Crippen molar-refractivity contribution in [2.45, 2.75) is 99.5 Å². The predicted octanol–water partition coefficient (Wildman–Crippen LogP) is 13.4. The number of fused-ring (bicyclic) bond motifs is 2. The third-order valence-corrected chi connectivity index (χ3v) is 23.7. The van der Waals surface area contributed by atoms with E-state index < -0.39 is 31.1 Å². The van der Waals surface area contributed by atoms with Crippen molar-refractivity contribution >= 4 is 65.2 Å². The smallest absolute Gasteiger partial charge is 0.311 e. The van der Waals surface area contributed by atoms with Gasteiger partial charge >= 0.3 is 11.9 Å². The number of allylic oxidation sites excluding steroid dienone is 3. The van der Waals surface area contributed by atoms with Gasteiger partial charge < -0.3 is 52.8 Å². The standard InChI is InChI=1S/C25H27NO6S.C25H27NO4S.C14H18O2S.C8H14O2.C6H10O3/c1-18-13-19(22-5-3-4-6-23(22)26-18)15-32-20-7-9-21(10-8-20)33(28,29)17-25(11-12-31-16-25)14-24(27)30-2;1-3-12-25(13-14-29-17-25)18-31(27,28)22-10-8-21(9-11-22)30-16-20-15-19(2)26-24-7-5-4-6-23(20)24;1-2-7-14(8-9-16-10-14)11-17-13-5-3-12(15)4-6-13;1-2-3-8(6-9)4-5-10-7-8;1-8-6(7)5-2-3-9-4-5/h3-10,13H,11-12,14-17H2,1-2H3;3-11,15H,1,12-14,16-18H2,2H3;2-6,15H,1,7-11H2;2,9H,1,3-7H2;5H,2-4H2,1H3. The number of pyridine rings is 2. The van der Waals surface area contributed by atoms with Gasteiger partial charge in [-0.15, -0.1) is 31.5 Å². The maximum absolute atomic E-state index is 13.1. The van der Waals surface area contributed by atoms with E-state index >= 15 is 0 Å². The minimum atomic E-state index is -3.63. The van der Waals surface area contributed by atoms with Crippen LogP contribution in [0.3, 0.4) is 0 Å². The lowest BCUT2D eigenvalue weighted by Gasteiger charge is -2.25. The van der Waals surface area contributed by atoms with Crippen molar-refractivity contribution in [3.8, 4) is 17.2 Å². The Labute approximate surface area is 593 Å². The number of aliphatic hydroxyl groups is 1. The highest BCUT2D eigenvalue weighted by Crippen LogP contribution is 2.41. The second kappa shape index (κ2) is 37.4. The average Bonchev–Trinajstić information content (AvgIpc) is 1.17. The molecule has 7 heterocycles. The van der Waals surface area contributed by atoms with Crippen molar-refractivity contribution < 1.29 is 79.3 Å². The van der Waals surface area contributed by atoms with Gasteiger partial charge in [-0.05, 0) is 162 Å². The van der Waals surface area contributed by atoms with Gasteiger partial charge in [0.1, 0.15) is 30.5 Å². The molecule has 5 aromatic carbocycles. The fourth-order valence-corrected chi connectivity index (χ4v) is 17.6. The highest BCUT2D eigenvalue weighted by molar-refractivity contribution is 7.99. The zero-order chi connectivity index (χ0) is 71.7. The third kappa shape index (κ3) is 22.5. The summed E-state index contributed by atoms with van der Waals surface area (Å²) in [6.45, 7) is 22.2. The lowest BCUT2D eigenvalue weighted by molar-refractivity contribution is -0.145. The molecule has 0 aliphatic carbocycles. The van der Waals surface area contributed by atoms with Crippen molar-refractivity contribution in [2.75, 3.05) is 104 Å². The summed E-state index contributed by atoms with van der Waals surface area (Å²) in [7, 11) is -4.36. The van der Waals surface area contributed by atoms with E-state index in [4.69, 9.17) is 43.0 Å². The molecule has 5 saturated heterocycles. The Bertz CT molecular complexity index is 4020. The number of esters is 2. The molecule has 0 spiro atoms. The Morgan fingerprint density at radius 1 is 0.570 bits per heavy atom. The van der Waals surface area contributed by atoms with Crippen molar-refractivity contribution in [3.63, 3.8) is 0 Å². The number of hydrogen-bond acceptors (Lipinski definition) is 20. The molecule has 0 amide bonds. The van der Waals surface area contributed by atoms with Crippen LogP contribution in [-0.4, -0.2) is 153 Å². The molecule has 5 aliphatic heterocycles. The number of sulfone groups is 2. The van der Waals surface area contributed by atoms with E-state index in [9.17, 15) is 31.5 Å². The first kappa shape index (κ1) is 78.2. The number of carbonyl (C=O) groups is 2. The monoisotopic (exact) mass is 1430 g/mol. The Morgan fingerprint density at radius 3 is 1.44 bits per heavy atom. The van der Waals surface area contributed by atoms with Gasteiger partial charge in [0.15, 0.2) is 19.7 Å². The average molecular weight is 1430 g/mol. The van der Waals surface area contributed by atoms with Crippen LogP contribution < -0.4 is 9.47 Å². The summed E-state index contributed by atoms with van der Waals surface area (Å²) in [6, 6.07) is 40.3. The van der Waals surface area contributed by atoms with Gasteiger partial charge in [-0.2, -0.15) is 0 Å². The van der Waals surface area contributed by atoms with Gasteiger partial charge in [-0.3, -0.25) is 19.6 Å². The molecule has 22 heteroatoms. The van der Waals surface area contributed by atoms with Gasteiger partial charge in [0, 0.05) is 98.6 Å². The van der Waals surface area contributed by atoms with Gasteiger partial charge in [0.25, 0.3) is 0 Å². The van der Waals surface area contributed by atoms with E-state index in [-0.39, 0.29) is 64.2 Å². The van der Waals surface area contributed by atoms with Crippen LogP contribution in [0.25, 0.3) is 21.8 Å². The molecule has 12 rings (SSSR count). The maximum Gasteiger partial charge on any atom is 0.311 e. The van der Waals surface area contributed by atoms with E-state index in [1.165, 1.54) is 19.1 Å². The molecule has 100 heavy (non-hydrogen) atoms. The van der Waals surface area contributed by atoms with E-state index in [0.29, 0.717) is 87.8 Å². The third-order valence-electron chi connectivity index (χ3n) is 18.4. The molecule has 538 valence electrons. The van der Waals surface area contributed by atoms with Gasteiger partial charge in [0.05, 0.1) is 98.5 Å². The van der Waals surface area contributed by atoms with Crippen LogP contribution in [0.4, 0.5) is 0 Å². The number of ether oxygens (including phenoxy) is 9. The first-order valence-corrected chi connectivity index (χ1v) is 37.9. The number of phenols is 1. The van der Waals surface area contributed by atoms with Crippen LogP contribution in [0.2, 0.25) is 0 Å². The molecule has 2 N–H and O–H groups in total. The molecule has 7 aromatic rings. The van der Waals surface area contributed by atoms with Crippen molar-refractivity contribution in [2.24, 2.45) is 27.6 Å². The molecule has 5 atom stereocenters. The number of thioether (sulfide) groups is 1. The number of nitrogens with zero attached hydrogens (tertiary/aromatic N) is 2. The Morgan fingerprint density at radius 2 is 1.01 bits per heavy atom. The van der Waals surface area contributed by atoms with Crippen LogP contribution in [0.5, 0.6) is 17.2 Å². The number of aromatic hydroxyl groups is 1. The Kier molecular flexibility index (Phi) is 29.3. The number of hydrogen-bond donors (Lipinski definition) is 2. The van der Waals surface area contributed by atoms with Crippen molar-refractivity contribution in [1.29, 1.82) is 0 Å². The van der Waals surface area contributed by atoms with Gasteiger partial charge in [0.2, 0.25) is 0 Å². The van der Waals surface area contributed by atoms with E-state index in [0.717, 1.165) is 108 Å². The molecule has 19 nitrogen and oxygen atoms in total. The van der Waals surface area contributed by atoms with Crippen LogP contribution in [0, 0.1) is 41.4 Å². The number of aromatic nitrogens is 2. The zero-order valence-corrected chi connectivity index (χ0v) is 60.4. The van der Waals surface area contributed by atoms with Crippen LogP contribution >= 0.6 is 11.8 Å². The summed E-state index contributed by atoms with van der Waals surface area (Å²) in [5.74, 6) is 1.87. The lowest BCUT2D eigenvalue weighted by Crippen LogP contribution is -2.33. The normalized spacial score (nSPS) is 21.6. The predicted molar refractivity (Wildman–Crippen MR) is 388 cm³/mol. The van der Waals surface area contributed by atoms with Crippen LogP contribution in [-0.2, 0) is 75.6 Å². The number of phenolic OH excluding ortho intramolecular Hbond substituents is 1. The van der Waals surface area contributed by atoms with E-state index in [1.807, 2.05) is 111 Å². The number of para-hydroxylation sites is 2. The van der Waals surface area contributed by atoms with Crippen molar-refractivity contribution in [3.05, 3.63) is 194 Å². The summed E-state index contributed by atoms with van der Waals surface area (Å²) in [6.07, 6.45) is 12.3. The van der Waals surface area contributed by atoms with Gasteiger partial charge in [-0.1, -0.05) is 54.6 Å². The number of aryl methyl sites for hydroxylation is 2. The van der Waals surface area contributed by atoms with Gasteiger partial charge in [-0.25, -0.2) is 16.8 Å². The van der Waals surface area contributed by atoms with Crippen LogP contribution in [0.15, 0.2) is 186 Å². The largest absolute Gasteiger partial charge is 0.508 e. The number of benzene rings is 5. The molecule has 5 fully saturated rings. The topological polar surface area (TPSA) is 252 Å². The first-order chi connectivity index (χ1) is 48.1. The Balaban J connectivity index is 0.000000173. The fraction of sp³-hybridized carbons (Fsp3) is 0.436. The fourth-order valence-electron chi connectivity index (χ4n) is 12.7. The summed E-state index contributed by atoms with van der Waals surface area (Å²) in [5.41, 5.74) is 4.87. The number of carbonyl (C=O) groups excluding carboxylic acids is 2. The highest BCUT2D eigenvalue weighted by atomic mass is 32.2. The molecule has 0 bridgehead atoms. The second-order valence-corrected chi connectivity index (χ2v) is 31.4. The zero-order valence-electron chi connectivity index (χ0n) is 57.9. The summed E-state index contributed by atoms with van der Waals surface area (Å²) < 4.78 is 100.0. The molecule has 0 radical (unpaired) electrons. The molecule has 5 unspecified atom stereocenters. The Hall–Kier alpha value is -7.51. The first-order valence-electron chi connectivity index (χ1n) is 33.6. The SMILES string of the molecule is C=CCC1(CO)CCOC1.C=CCC1(CS(=O)(=O)c2ccc(OCc3cc(C)nc4ccccc34)cc2)CCOC1.C=CCC1(CSc2ccc(O)cc2)CCOC1.COC(=O)C1CCOC1.COC(=O)CC1(CS(=O)(=O)c2ccc(OCc3cc(C)nc4ccccc34)cc2)CCOC1. The molecular weight excluding hydrogens is 1330 g/mol. The molecule has 5 aliphatic rings. The summed E-state index contributed by atoms with van der Waals surface area (Å²) in [4.78, 5) is 33.3.